The number of alkyl halides is 3. The molecule has 3 heterocycles. The van der Waals surface area contributed by atoms with Crippen LogP contribution < -0.4 is 5.32 Å². The maximum absolute atomic E-state index is 14.1. The van der Waals surface area contributed by atoms with Crippen LogP contribution in [0.3, 0.4) is 0 Å². The lowest BCUT2D eigenvalue weighted by atomic mass is 9.93. The fourth-order valence-electron chi connectivity index (χ4n) is 4.91. The molecule has 0 radical (unpaired) electrons. The van der Waals surface area contributed by atoms with Crippen molar-refractivity contribution in [1.82, 2.24) is 19.8 Å². The van der Waals surface area contributed by atoms with E-state index in [0.29, 0.717) is 13.1 Å². The van der Waals surface area contributed by atoms with E-state index < -0.39 is 17.8 Å². The van der Waals surface area contributed by atoms with E-state index in [1.807, 2.05) is 66.2 Å². The Morgan fingerprint density at radius 2 is 1.63 bits per heavy atom. The summed E-state index contributed by atoms with van der Waals surface area (Å²) in [6.07, 6.45) is -0.765. The Bertz CT molecular complexity index is 1290. The normalized spacial score (nSPS) is 15.8. The minimum atomic E-state index is -4.44. The Kier molecular flexibility index (Phi) is 6.45. The van der Waals surface area contributed by atoms with Gasteiger partial charge in [-0.25, -0.2) is 4.98 Å². The minimum absolute atomic E-state index is 0.274. The van der Waals surface area contributed by atoms with Gasteiger partial charge in [0.1, 0.15) is 5.82 Å². The van der Waals surface area contributed by atoms with Crippen molar-refractivity contribution in [2.75, 3.05) is 26.2 Å². The largest absolute Gasteiger partial charge is 0.416 e. The van der Waals surface area contributed by atoms with Gasteiger partial charge >= 0.3 is 6.18 Å². The summed E-state index contributed by atoms with van der Waals surface area (Å²) < 4.78 is 44.3. The SMILES string of the molecule is Cc1ccccc1-c1cc(C(c2ccccc2C(F)(F)F)N2CCNCC2)cn1-c1ccccn1. The Balaban J connectivity index is 1.73. The summed E-state index contributed by atoms with van der Waals surface area (Å²) in [5, 5.41) is 3.31. The molecule has 0 bridgehead atoms. The van der Waals surface area contributed by atoms with Crippen LogP contribution in [0.1, 0.15) is 28.3 Å². The summed E-state index contributed by atoms with van der Waals surface area (Å²) in [6, 6.07) is 21.1. The monoisotopic (exact) mass is 476 g/mol. The third-order valence-corrected chi connectivity index (χ3v) is 6.55. The van der Waals surface area contributed by atoms with Gasteiger partial charge in [-0.2, -0.15) is 13.2 Å². The van der Waals surface area contributed by atoms with Crippen LogP contribution in [0.4, 0.5) is 13.2 Å². The zero-order chi connectivity index (χ0) is 24.4. The lowest BCUT2D eigenvalue weighted by Crippen LogP contribution is -2.45. The molecular formula is C28H27F3N4. The van der Waals surface area contributed by atoms with E-state index >= 15 is 0 Å². The molecule has 1 N–H and O–H groups in total. The maximum Gasteiger partial charge on any atom is 0.416 e. The van der Waals surface area contributed by atoms with Crippen LogP contribution in [0.5, 0.6) is 0 Å². The van der Waals surface area contributed by atoms with Crippen LogP contribution >= 0.6 is 0 Å². The molecule has 1 aliphatic rings. The molecule has 1 saturated heterocycles. The van der Waals surface area contributed by atoms with Crippen LogP contribution in [0.2, 0.25) is 0 Å². The van der Waals surface area contributed by atoms with Crippen molar-refractivity contribution in [3.05, 3.63) is 107 Å². The van der Waals surface area contributed by atoms with E-state index in [4.69, 9.17) is 0 Å². The number of nitrogens with zero attached hydrogens (tertiary/aromatic N) is 3. The number of pyridine rings is 1. The lowest BCUT2D eigenvalue weighted by molar-refractivity contribution is -0.138. The minimum Gasteiger partial charge on any atom is -0.314 e. The fraction of sp³-hybridized carbons (Fsp3) is 0.250. The van der Waals surface area contributed by atoms with Crippen molar-refractivity contribution in [2.24, 2.45) is 0 Å². The van der Waals surface area contributed by atoms with E-state index in [2.05, 4.69) is 15.2 Å². The van der Waals surface area contributed by atoms with Gasteiger partial charge in [-0.1, -0.05) is 48.5 Å². The van der Waals surface area contributed by atoms with Crippen molar-refractivity contribution in [3.63, 3.8) is 0 Å². The summed E-state index contributed by atoms with van der Waals surface area (Å²) in [6.45, 7) is 4.82. The molecule has 7 heteroatoms. The van der Waals surface area contributed by atoms with Crippen LogP contribution in [0, 0.1) is 6.92 Å². The van der Waals surface area contributed by atoms with Crippen molar-refractivity contribution >= 4 is 0 Å². The highest BCUT2D eigenvalue weighted by Crippen LogP contribution is 2.41. The molecule has 5 rings (SSSR count). The molecule has 2 aromatic carbocycles. The topological polar surface area (TPSA) is 33.1 Å². The standard InChI is InChI=1S/C28H27F3N4/c1-20-8-2-3-9-22(20)25-18-21(19-35(25)26-12-6-7-13-33-26)27(34-16-14-32-15-17-34)23-10-4-5-11-24(23)28(29,30)31/h2-13,18-19,27,32H,14-17H2,1H3. The number of aryl methyl sites for hydroxylation is 1. The molecule has 0 saturated carbocycles. The highest BCUT2D eigenvalue weighted by Gasteiger charge is 2.37. The van der Waals surface area contributed by atoms with Crippen LogP contribution in [-0.2, 0) is 6.18 Å². The summed E-state index contributed by atoms with van der Waals surface area (Å²) in [5.74, 6) is 0.722. The first-order chi connectivity index (χ1) is 16.9. The highest BCUT2D eigenvalue weighted by atomic mass is 19.4. The molecule has 1 atom stereocenters. The molecule has 1 fully saturated rings. The number of hydrogen-bond donors (Lipinski definition) is 1. The van der Waals surface area contributed by atoms with Crippen molar-refractivity contribution in [2.45, 2.75) is 19.1 Å². The first kappa shape index (κ1) is 23.3. The Labute approximate surface area is 203 Å². The van der Waals surface area contributed by atoms with Crippen molar-refractivity contribution in [3.8, 4) is 17.1 Å². The van der Waals surface area contributed by atoms with Crippen LogP contribution in [-0.4, -0.2) is 40.6 Å². The Morgan fingerprint density at radius 3 is 2.34 bits per heavy atom. The van der Waals surface area contributed by atoms with Crippen molar-refractivity contribution in [1.29, 1.82) is 0 Å². The smallest absolute Gasteiger partial charge is 0.314 e. The molecule has 180 valence electrons. The third-order valence-electron chi connectivity index (χ3n) is 6.55. The molecule has 1 unspecified atom stereocenters. The van der Waals surface area contributed by atoms with E-state index in [-0.39, 0.29) is 5.56 Å². The zero-order valence-corrected chi connectivity index (χ0v) is 19.5. The number of benzene rings is 2. The summed E-state index contributed by atoms with van der Waals surface area (Å²) >= 11 is 0. The summed E-state index contributed by atoms with van der Waals surface area (Å²) in [5.41, 5.74) is 3.51. The molecule has 0 aliphatic carbocycles. The van der Waals surface area contributed by atoms with E-state index in [1.165, 1.54) is 12.1 Å². The molecule has 4 aromatic rings. The van der Waals surface area contributed by atoms with Crippen LogP contribution in [0.15, 0.2) is 85.2 Å². The number of halogens is 3. The van der Waals surface area contributed by atoms with E-state index in [0.717, 1.165) is 41.3 Å². The number of piperazine rings is 1. The van der Waals surface area contributed by atoms with Gasteiger partial charge in [-0.05, 0) is 47.9 Å². The van der Waals surface area contributed by atoms with Gasteiger partial charge in [0.05, 0.1) is 17.3 Å². The second kappa shape index (κ2) is 9.68. The number of rotatable bonds is 5. The van der Waals surface area contributed by atoms with Gasteiger partial charge in [0.25, 0.3) is 0 Å². The molecule has 35 heavy (non-hydrogen) atoms. The van der Waals surface area contributed by atoms with Gasteiger partial charge < -0.3 is 9.88 Å². The Morgan fingerprint density at radius 1 is 0.914 bits per heavy atom. The molecule has 1 aliphatic heterocycles. The number of hydrogen-bond acceptors (Lipinski definition) is 3. The predicted molar refractivity (Wildman–Crippen MR) is 131 cm³/mol. The van der Waals surface area contributed by atoms with Crippen LogP contribution in [0.25, 0.3) is 17.1 Å². The van der Waals surface area contributed by atoms with E-state index in [9.17, 15) is 13.2 Å². The number of nitrogens with one attached hydrogen (secondary N) is 1. The molecule has 4 nitrogen and oxygen atoms in total. The molecule has 0 amide bonds. The summed E-state index contributed by atoms with van der Waals surface area (Å²) in [7, 11) is 0. The molecule has 0 spiro atoms. The second-order valence-corrected chi connectivity index (χ2v) is 8.81. The predicted octanol–water partition coefficient (Wildman–Crippen LogP) is 5.86. The zero-order valence-electron chi connectivity index (χ0n) is 19.5. The second-order valence-electron chi connectivity index (χ2n) is 8.81. The van der Waals surface area contributed by atoms with Crippen molar-refractivity contribution < 1.29 is 13.2 Å². The van der Waals surface area contributed by atoms with Gasteiger partial charge in [-0.15, -0.1) is 0 Å². The lowest BCUT2D eigenvalue weighted by Gasteiger charge is -2.36. The highest BCUT2D eigenvalue weighted by molar-refractivity contribution is 5.67. The maximum atomic E-state index is 14.1. The quantitative estimate of drug-likeness (QED) is 0.392. The van der Waals surface area contributed by atoms with E-state index in [1.54, 1.807) is 18.3 Å². The Hall–Kier alpha value is -3.42. The molecule has 2 aromatic heterocycles. The molecular weight excluding hydrogens is 449 g/mol. The first-order valence-corrected chi connectivity index (χ1v) is 11.7. The van der Waals surface area contributed by atoms with Gasteiger partial charge in [0, 0.05) is 44.1 Å². The number of aromatic nitrogens is 2. The summed E-state index contributed by atoms with van der Waals surface area (Å²) in [4.78, 5) is 6.68. The average molecular weight is 477 g/mol. The third kappa shape index (κ3) is 4.74. The average Bonchev–Trinajstić information content (AvgIpc) is 3.30. The van der Waals surface area contributed by atoms with Gasteiger partial charge in [-0.3, -0.25) is 4.90 Å². The van der Waals surface area contributed by atoms with Gasteiger partial charge in [0.2, 0.25) is 0 Å². The fourth-order valence-corrected chi connectivity index (χ4v) is 4.91. The first-order valence-electron chi connectivity index (χ1n) is 11.7. The van der Waals surface area contributed by atoms with Gasteiger partial charge in [0.15, 0.2) is 0 Å².